The predicted molar refractivity (Wildman–Crippen MR) is 61.0 cm³/mol. The Morgan fingerprint density at radius 2 is 2.53 bits per heavy atom. The summed E-state index contributed by atoms with van der Waals surface area (Å²) < 4.78 is 10.1. The van der Waals surface area contributed by atoms with Crippen molar-refractivity contribution >= 4 is 5.91 Å². The van der Waals surface area contributed by atoms with E-state index in [0.717, 1.165) is 6.42 Å². The van der Waals surface area contributed by atoms with Crippen LogP contribution in [0.25, 0.3) is 0 Å². The van der Waals surface area contributed by atoms with E-state index in [1.165, 1.54) is 0 Å². The molecule has 0 spiro atoms. The van der Waals surface area contributed by atoms with Gasteiger partial charge in [-0.05, 0) is 12.8 Å². The molecule has 96 valence electrons. The Morgan fingerprint density at radius 3 is 3.18 bits per heavy atom. The molecule has 2 unspecified atom stereocenters. The third-order valence-corrected chi connectivity index (χ3v) is 2.70. The zero-order valence-corrected chi connectivity index (χ0v) is 10.1. The van der Waals surface area contributed by atoms with E-state index in [4.69, 9.17) is 20.5 Å². The first-order valence-corrected chi connectivity index (χ1v) is 5.73. The van der Waals surface area contributed by atoms with Crippen molar-refractivity contribution in [1.82, 2.24) is 4.90 Å². The van der Waals surface area contributed by atoms with Gasteiger partial charge in [0.25, 0.3) is 0 Å². The number of carbonyl (C=O) groups is 1. The van der Waals surface area contributed by atoms with E-state index in [2.05, 4.69) is 0 Å². The molecule has 1 amide bonds. The van der Waals surface area contributed by atoms with E-state index >= 15 is 0 Å². The van der Waals surface area contributed by atoms with Crippen LogP contribution in [0, 0.1) is 11.3 Å². The molecule has 1 fully saturated rings. The van der Waals surface area contributed by atoms with Crippen molar-refractivity contribution in [3.8, 4) is 6.07 Å². The standard InChI is InChI=1S/C11H19N3O3/c1-16-5-2-3-10(13)11(15)14-4-6-17-9(7-12)8-14/h9-10H,2-6,8,13H2,1H3. The summed E-state index contributed by atoms with van der Waals surface area (Å²) in [6.07, 6.45) is 0.829. The summed E-state index contributed by atoms with van der Waals surface area (Å²) in [6, 6.07) is 1.49. The number of hydrogen-bond acceptors (Lipinski definition) is 5. The number of amides is 1. The predicted octanol–water partition coefficient (Wildman–Crippen LogP) is -0.509. The molecule has 1 saturated heterocycles. The summed E-state index contributed by atoms with van der Waals surface area (Å²) in [6.45, 7) is 1.82. The molecule has 0 bridgehead atoms. The van der Waals surface area contributed by atoms with Crippen molar-refractivity contribution in [2.75, 3.05) is 33.4 Å². The Bertz CT molecular complexity index is 290. The molecule has 0 aliphatic carbocycles. The van der Waals surface area contributed by atoms with Gasteiger partial charge < -0.3 is 20.1 Å². The van der Waals surface area contributed by atoms with Gasteiger partial charge in [0.15, 0.2) is 6.10 Å². The van der Waals surface area contributed by atoms with Crippen LogP contribution in [0.5, 0.6) is 0 Å². The van der Waals surface area contributed by atoms with E-state index < -0.39 is 12.1 Å². The Kier molecular flexibility index (Phi) is 5.91. The van der Waals surface area contributed by atoms with Gasteiger partial charge in [0.1, 0.15) is 0 Å². The molecule has 1 rings (SSSR count). The lowest BCUT2D eigenvalue weighted by Gasteiger charge is -2.31. The molecule has 1 aliphatic heterocycles. The number of nitrogens with zero attached hydrogens (tertiary/aromatic N) is 2. The molecule has 0 saturated carbocycles. The molecule has 6 nitrogen and oxygen atoms in total. The fraction of sp³-hybridized carbons (Fsp3) is 0.818. The van der Waals surface area contributed by atoms with Crippen LogP contribution in [0.3, 0.4) is 0 Å². The first-order valence-electron chi connectivity index (χ1n) is 5.73. The van der Waals surface area contributed by atoms with Crippen molar-refractivity contribution in [3.05, 3.63) is 0 Å². The average molecular weight is 241 g/mol. The fourth-order valence-corrected chi connectivity index (χ4v) is 1.73. The van der Waals surface area contributed by atoms with Gasteiger partial charge in [0.2, 0.25) is 5.91 Å². The van der Waals surface area contributed by atoms with Crippen molar-refractivity contribution in [1.29, 1.82) is 5.26 Å². The lowest BCUT2D eigenvalue weighted by atomic mass is 10.1. The molecule has 0 aromatic carbocycles. The average Bonchev–Trinajstić information content (AvgIpc) is 2.38. The van der Waals surface area contributed by atoms with Crippen LogP contribution in [-0.4, -0.2) is 56.4 Å². The molecule has 0 aromatic heterocycles. The van der Waals surface area contributed by atoms with Crippen LogP contribution in [0.2, 0.25) is 0 Å². The minimum atomic E-state index is -0.529. The van der Waals surface area contributed by atoms with Crippen molar-refractivity contribution in [2.24, 2.45) is 5.73 Å². The first kappa shape index (κ1) is 13.9. The zero-order chi connectivity index (χ0) is 12.7. The van der Waals surface area contributed by atoms with Crippen molar-refractivity contribution < 1.29 is 14.3 Å². The molecule has 2 atom stereocenters. The van der Waals surface area contributed by atoms with E-state index in [1.807, 2.05) is 6.07 Å². The largest absolute Gasteiger partial charge is 0.385 e. The van der Waals surface area contributed by atoms with Gasteiger partial charge in [-0.3, -0.25) is 4.79 Å². The number of morpholine rings is 1. The molecule has 0 radical (unpaired) electrons. The number of rotatable bonds is 5. The summed E-state index contributed by atoms with van der Waals surface area (Å²) in [7, 11) is 1.62. The SMILES string of the molecule is COCCCC(N)C(=O)N1CCOC(C#N)C1. The Hall–Kier alpha value is -1.16. The fourth-order valence-electron chi connectivity index (χ4n) is 1.73. The third kappa shape index (κ3) is 4.30. The summed E-state index contributed by atoms with van der Waals surface area (Å²) in [5, 5.41) is 8.74. The molecule has 1 aliphatic rings. The molecule has 17 heavy (non-hydrogen) atoms. The number of hydrogen-bond donors (Lipinski definition) is 1. The maximum atomic E-state index is 11.9. The van der Waals surface area contributed by atoms with Gasteiger partial charge >= 0.3 is 0 Å². The first-order chi connectivity index (χ1) is 8.19. The summed E-state index contributed by atoms with van der Waals surface area (Å²) >= 11 is 0. The number of ether oxygens (including phenoxy) is 2. The minimum Gasteiger partial charge on any atom is -0.385 e. The van der Waals surface area contributed by atoms with Crippen molar-refractivity contribution in [3.63, 3.8) is 0 Å². The number of carbonyl (C=O) groups excluding carboxylic acids is 1. The van der Waals surface area contributed by atoms with Gasteiger partial charge in [0, 0.05) is 20.3 Å². The molecule has 0 aromatic rings. The highest BCUT2D eigenvalue weighted by molar-refractivity contribution is 5.81. The number of nitrogens with two attached hydrogens (primary N) is 1. The molecule has 2 N–H and O–H groups in total. The Balaban J connectivity index is 2.37. The topological polar surface area (TPSA) is 88.6 Å². The second-order valence-electron chi connectivity index (χ2n) is 4.01. The zero-order valence-electron chi connectivity index (χ0n) is 10.1. The summed E-state index contributed by atoms with van der Waals surface area (Å²) in [5.41, 5.74) is 5.81. The number of methoxy groups -OCH3 is 1. The van der Waals surface area contributed by atoms with E-state index in [1.54, 1.807) is 12.0 Å². The highest BCUT2D eigenvalue weighted by Crippen LogP contribution is 2.07. The monoisotopic (exact) mass is 241 g/mol. The van der Waals surface area contributed by atoms with Gasteiger partial charge in [-0.1, -0.05) is 0 Å². The third-order valence-electron chi connectivity index (χ3n) is 2.70. The lowest BCUT2D eigenvalue weighted by Crippen LogP contribution is -2.51. The highest BCUT2D eigenvalue weighted by atomic mass is 16.5. The maximum Gasteiger partial charge on any atom is 0.239 e. The highest BCUT2D eigenvalue weighted by Gasteiger charge is 2.27. The number of nitriles is 1. The summed E-state index contributed by atoms with van der Waals surface area (Å²) in [5.74, 6) is -0.107. The van der Waals surface area contributed by atoms with E-state index in [-0.39, 0.29) is 5.91 Å². The van der Waals surface area contributed by atoms with Crippen LogP contribution >= 0.6 is 0 Å². The van der Waals surface area contributed by atoms with Crippen LogP contribution < -0.4 is 5.73 Å². The van der Waals surface area contributed by atoms with Gasteiger partial charge in [-0.2, -0.15) is 5.26 Å². The minimum absolute atomic E-state index is 0.107. The maximum absolute atomic E-state index is 11.9. The quantitative estimate of drug-likeness (QED) is 0.655. The van der Waals surface area contributed by atoms with E-state index in [9.17, 15) is 4.79 Å². The van der Waals surface area contributed by atoms with Crippen LogP contribution in [-0.2, 0) is 14.3 Å². The normalized spacial score (nSPS) is 21.9. The second kappa shape index (κ2) is 7.22. The molecular weight excluding hydrogens is 222 g/mol. The Morgan fingerprint density at radius 1 is 1.76 bits per heavy atom. The molecule has 6 heteroatoms. The van der Waals surface area contributed by atoms with Gasteiger partial charge in [-0.25, -0.2) is 0 Å². The van der Waals surface area contributed by atoms with Crippen LogP contribution in [0.1, 0.15) is 12.8 Å². The van der Waals surface area contributed by atoms with Gasteiger partial charge in [0.05, 0.1) is 25.3 Å². The van der Waals surface area contributed by atoms with Crippen LogP contribution in [0.15, 0.2) is 0 Å². The molecular formula is C11H19N3O3. The Labute approximate surface area is 101 Å². The lowest BCUT2D eigenvalue weighted by molar-refractivity contribution is -0.138. The van der Waals surface area contributed by atoms with E-state index in [0.29, 0.717) is 32.7 Å². The van der Waals surface area contributed by atoms with Crippen molar-refractivity contribution in [2.45, 2.75) is 25.0 Å². The van der Waals surface area contributed by atoms with Gasteiger partial charge in [-0.15, -0.1) is 0 Å². The smallest absolute Gasteiger partial charge is 0.239 e. The summed E-state index contributed by atoms with van der Waals surface area (Å²) in [4.78, 5) is 13.6. The molecule has 1 heterocycles. The second-order valence-corrected chi connectivity index (χ2v) is 4.01. The van der Waals surface area contributed by atoms with Crippen LogP contribution in [0.4, 0.5) is 0 Å².